The zero-order chi connectivity index (χ0) is 15.7. The Labute approximate surface area is 143 Å². The van der Waals surface area contributed by atoms with Crippen molar-refractivity contribution < 1.29 is 9.21 Å². The summed E-state index contributed by atoms with van der Waals surface area (Å²) < 4.78 is 5.17. The summed E-state index contributed by atoms with van der Waals surface area (Å²) in [5.74, 6) is 0.245. The van der Waals surface area contributed by atoms with Crippen molar-refractivity contribution in [1.82, 2.24) is 4.90 Å². The van der Waals surface area contributed by atoms with Crippen LogP contribution in [-0.2, 0) is 23.3 Å². The molecule has 118 valence electrons. The average molecular weight is 343 g/mol. The summed E-state index contributed by atoms with van der Waals surface area (Å²) >= 11 is 3.39. The molecule has 0 N–H and O–H groups in total. The van der Waals surface area contributed by atoms with E-state index in [4.69, 9.17) is 4.42 Å². The van der Waals surface area contributed by atoms with E-state index in [2.05, 4.69) is 22.9 Å². The number of thiophene rings is 2. The third-order valence-electron chi connectivity index (χ3n) is 4.32. The van der Waals surface area contributed by atoms with E-state index in [1.165, 1.54) is 9.75 Å². The highest BCUT2D eigenvalue weighted by Crippen LogP contribution is 2.51. The maximum absolute atomic E-state index is 13.3. The summed E-state index contributed by atoms with van der Waals surface area (Å²) in [7, 11) is 0. The number of furan rings is 1. The van der Waals surface area contributed by atoms with E-state index in [1.54, 1.807) is 35.2 Å². The van der Waals surface area contributed by atoms with Crippen molar-refractivity contribution in [2.75, 3.05) is 0 Å². The fourth-order valence-electron chi connectivity index (χ4n) is 2.94. The molecule has 3 aromatic heterocycles. The highest BCUT2D eigenvalue weighted by atomic mass is 32.1. The van der Waals surface area contributed by atoms with Crippen LogP contribution in [0.2, 0.25) is 0 Å². The third-order valence-corrected chi connectivity index (χ3v) is 6.25. The van der Waals surface area contributed by atoms with Gasteiger partial charge < -0.3 is 9.32 Å². The Morgan fingerprint density at radius 3 is 2.57 bits per heavy atom. The van der Waals surface area contributed by atoms with Crippen LogP contribution in [0.25, 0.3) is 0 Å². The van der Waals surface area contributed by atoms with Crippen LogP contribution in [0.5, 0.6) is 0 Å². The normalized spacial score (nSPS) is 15.5. The molecule has 0 aliphatic heterocycles. The standard InChI is InChI=1S/C18H17NO2S2/c20-17(18(6-7-18)16-4-2-10-23-16)19(11-14-5-8-21-13-14)12-15-3-1-9-22-15/h1-5,8-10,13H,6-7,11-12H2. The molecule has 0 spiro atoms. The van der Waals surface area contributed by atoms with Gasteiger partial charge in [0.2, 0.25) is 5.91 Å². The van der Waals surface area contributed by atoms with Gasteiger partial charge in [-0.1, -0.05) is 12.1 Å². The van der Waals surface area contributed by atoms with Gasteiger partial charge in [0.15, 0.2) is 0 Å². The van der Waals surface area contributed by atoms with Crippen molar-refractivity contribution in [2.45, 2.75) is 31.3 Å². The van der Waals surface area contributed by atoms with Crippen molar-refractivity contribution in [3.8, 4) is 0 Å². The summed E-state index contributed by atoms with van der Waals surface area (Å²) in [6.45, 7) is 1.26. The minimum Gasteiger partial charge on any atom is -0.472 e. The van der Waals surface area contributed by atoms with Crippen LogP contribution in [-0.4, -0.2) is 10.8 Å². The van der Waals surface area contributed by atoms with Crippen LogP contribution in [0.3, 0.4) is 0 Å². The molecule has 3 nitrogen and oxygen atoms in total. The second-order valence-electron chi connectivity index (χ2n) is 5.93. The number of carbonyl (C=O) groups excluding carboxylic acids is 1. The Balaban J connectivity index is 1.60. The van der Waals surface area contributed by atoms with Gasteiger partial charge in [-0.3, -0.25) is 4.79 Å². The molecule has 0 unspecified atom stereocenters. The molecule has 0 atom stereocenters. The minimum atomic E-state index is -0.283. The highest BCUT2D eigenvalue weighted by molar-refractivity contribution is 7.10. The molecule has 0 aromatic carbocycles. The van der Waals surface area contributed by atoms with Crippen LogP contribution >= 0.6 is 22.7 Å². The number of hydrogen-bond acceptors (Lipinski definition) is 4. The van der Waals surface area contributed by atoms with Gasteiger partial charge in [0.05, 0.1) is 24.5 Å². The molecule has 0 radical (unpaired) electrons. The van der Waals surface area contributed by atoms with E-state index in [0.29, 0.717) is 13.1 Å². The smallest absolute Gasteiger partial charge is 0.234 e. The van der Waals surface area contributed by atoms with Crippen molar-refractivity contribution in [2.24, 2.45) is 0 Å². The van der Waals surface area contributed by atoms with Crippen molar-refractivity contribution >= 4 is 28.6 Å². The number of hydrogen-bond donors (Lipinski definition) is 0. The lowest BCUT2D eigenvalue weighted by Gasteiger charge is -2.26. The Morgan fingerprint density at radius 1 is 1.13 bits per heavy atom. The molecule has 1 amide bonds. The largest absolute Gasteiger partial charge is 0.472 e. The van der Waals surface area contributed by atoms with Crippen molar-refractivity contribution in [1.29, 1.82) is 0 Å². The summed E-state index contributed by atoms with van der Waals surface area (Å²) in [6, 6.07) is 10.2. The lowest BCUT2D eigenvalue weighted by Crippen LogP contribution is -2.38. The molecule has 4 rings (SSSR count). The van der Waals surface area contributed by atoms with E-state index in [-0.39, 0.29) is 11.3 Å². The first kappa shape index (κ1) is 14.7. The zero-order valence-electron chi connectivity index (χ0n) is 12.6. The molecule has 3 aromatic rings. The van der Waals surface area contributed by atoms with Crippen LogP contribution in [0.15, 0.2) is 58.0 Å². The molecular formula is C18H17NO2S2. The van der Waals surface area contributed by atoms with Gasteiger partial charge in [-0.05, 0) is 41.8 Å². The number of nitrogens with zero attached hydrogens (tertiary/aromatic N) is 1. The monoisotopic (exact) mass is 343 g/mol. The average Bonchev–Trinajstić information content (AvgIpc) is 3.07. The van der Waals surface area contributed by atoms with E-state index in [1.807, 2.05) is 23.1 Å². The maximum Gasteiger partial charge on any atom is 0.234 e. The lowest BCUT2D eigenvalue weighted by atomic mass is 10.0. The number of rotatable bonds is 6. The Bertz CT molecular complexity index is 720. The van der Waals surface area contributed by atoms with Crippen molar-refractivity contribution in [3.05, 3.63) is 68.9 Å². The van der Waals surface area contributed by atoms with Crippen LogP contribution in [0, 0.1) is 0 Å². The van der Waals surface area contributed by atoms with Gasteiger partial charge >= 0.3 is 0 Å². The minimum absolute atomic E-state index is 0.245. The number of amides is 1. The first-order chi connectivity index (χ1) is 11.3. The SMILES string of the molecule is O=C(N(Cc1ccoc1)Cc1cccs1)C1(c2cccs2)CC1. The number of carbonyl (C=O) groups is 1. The Hall–Kier alpha value is -1.85. The fraction of sp³-hybridized carbons (Fsp3) is 0.278. The summed E-state index contributed by atoms with van der Waals surface area (Å²) in [4.78, 5) is 17.7. The lowest BCUT2D eigenvalue weighted by molar-refractivity contribution is -0.135. The van der Waals surface area contributed by atoms with Gasteiger partial charge in [-0.15, -0.1) is 22.7 Å². The molecule has 3 heterocycles. The van der Waals surface area contributed by atoms with Gasteiger partial charge in [0.25, 0.3) is 0 Å². The molecule has 1 aliphatic rings. The second kappa shape index (κ2) is 5.98. The zero-order valence-corrected chi connectivity index (χ0v) is 14.2. The van der Waals surface area contributed by atoms with Gasteiger partial charge in [0.1, 0.15) is 0 Å². The second-order valence-corrected chi connectivity index (χ2v) is 7.91. The van der Waals surface area contributed by atoms with Crippen LogP contribution < -0.4 is 0 Å². The Morgan fingerprint density at radius 2 is 1.96 bits per heavy atom. The molecule has 5 heteroatoms. The molecule has 23 heavy (non-hydrogen) atoms. The molecule has 0 bridgehead atoms. The predicted octanol–water partition coefficient (Wildman–Crippen LogP) is 4.66. The quantitative estimate of drug-likeness (QED) is 0.652. The van der Waals surface area contributed by atoms with Crippen molar-refractivity contribution in [3.63, 3.8) is 0 Å². The molecule has 1 aliphatic carbocycles. The maximum atomic E-state index is 13.3. The first-order valence-electron chi connectivity index (χ1n) is 7.65. The van der Waals surface area contributed by atoms with Gasteiger partial charge in [0, 0.05) is 21.9 Å². The first-order valence-corrected chi connectivity index (χ1v) is 9.41. The molecule has 1 saturated carbocycles. The van der Waals surface area contributed by atoms with Crippen LogP contribution in [0.1, 0.15) is 28.2 Å². The van der Waals surface area contributed by atoms with E-state index >= 15 is 0 Å². The highest BCUT2D eigenvalue weighted by Gasteiger charge is 2.53. The van der Waals surface area contributed by atoms with Gasteiger partial charge in [-0.2, -0.15) is 0 Å². The molecule has 0 saturated heterocycles. The summed E-state index contributed by atoms with van der Waals surface area (Å²) in [5.41, 5.74) is 0.756. The van der Waals surface area contributed by atoms with E-state index in [9.17, 15) is 4.79 Å². The van der Waals surface area contributed by atoms with Crippen LogP contribution in [0.4, 0.5) is 0 Å². The molecule has 1 fully saturated rings. The van der Waals surface area contributed by atoms with E-state index < -0.39 is 0 Å². The van der Waals surface area contributed by atoms with E-state index in [0.717, 1.165) is 18.4 Å². The molecular weight excluding hydrogens is 326 g/mol. The topological polar surface area (TPSA) is 33.5 Å². The third kappa shape index (κ3) is 2.86. The summed E-state index contributed by atoms with van der Waals surface area (Å²) in [5, 5.41) is 4.12. The van der Waals surface area contributed by atoms with Gasteiger partial charge in [-0.25, -0.2) is 0 Å². The fourth-order valence-corrected chi connectivity index (χ4v) is 4.63. The summed E-state index contributed by atoms with van der Waals surface area (Å²) in [6.07, 6.45) is 5.30. The Kier molecular flexibility index (Phi) is 3.83. The predicted molar refractivity (Wildman–Crippen MR) is 92.5 cm³/mol.